The predicted octanol–water partition coefficient (Wildman–Crippen LogP) is 0.834. The van der Waals surface area contributed by atoms with Crippen LogP contribution in [-0.4, -0.2) is 28.3 Å². The Labute approximate surface area is 108 Å². The van der Waals surface area contributed by atoms with Crippen LogP contribution in [0.2, 0.25) is 0 Å². The van der Waals surface area contributed by atoms with Crippen LogP contribution >= 0.6 is 0 Å². The van der Waals surface area contributed by atoms with Gasteiger partial charge in [-0.05, 0) is 32.3 Å². The van der Waals surface area contributed by atoms with Crippen LogP contribution in [0.15, 0.2) is 6.07 Å². The van der Waals surface area contributed by atoms with E-state index in [2.05, 4.69) is 35.6 Å². The Bertz CT molecular complexity index is 409. The molecular weight excluding hydrogens is 228 g/mol. The molecule has 0 spiro atoms. The maximum absolute atomic E-state index is 11.5. The molecule has 1 heterocycles. The van der Waals surface area contributed by atoms with Gasteiger partial charge in [0.15, 0.2) is 0 Å². The first-order chi connectivity index (χ1) is 8.72. The molecule has 0 unspecified atom stereocenters. The first kappa shape index (κ1) is 13.1. The zero-order valence-corrected chi connectivity index (χ0v) is 11.2. The molecule has 1 amide bonds. The van der Waals surface area contributed by atoms with Gasteiger partial charge in [-0.15, -0.1) is 0 Å². The third kappa shape index (κ3) is 3.57. The maximum atomic E-state index is 11.5. The van der Waals surface area contributed by atoms with E-state index in [-0.39, 0.29) is 5.91 Å². The fourth-order valence-electron chi connectivity index (χ4n) is 1.91. The Morgan fingerprint density at radius 3 is 2.89 bits per heavy atom. The lowest BCUT2D eigenvalue weighted by atomic mass is 10.3. The minimum absolute atomic E-state index is 0.0933. The van der Waals surface area contributed by atoms with Gasteiger partial charge in [-0.1, -0.05) is 6.92 Å². The molecule has 1 aliphatic rings. The quantitative estimate of drug-likeness (QED) is 0.753. The number of hydrogen-bond donors (Lipinski definition) is 2. The number of nitrogens with zero attached hydrogens (tertiary/aromatic N) is 2. The van der Waals surface area contributed by atoms with Gasteiger partial charge in [0.1, 0.15) is 0 Å². The molecule has 1 aromatic heterocycles. The van der Waals surface area contributed by atoms with E-state index in [0.29, 0.717) is 19.1 Å². The van der Waals surface area contributed by atoms with Crippen molar-refractivity contribution in [2.75, 3.05) is 6.54 Å². The van der Waals surface area contributed by atoms with Gasteiger partial charge in [0.05, 0.1) is 17.9 Å². The summed E-state index contributed by atoms with van der Waals surface area (Å²) in [7, 11) is 0. The van der Waals surface area contributed by atoms with Gasteiger partial charge in [0.2, 0.25) is 5.91 Å². The topological polar surface area (TPSA) is 59.0 Å². The van der Waals surface area contributed by atoms with Gasteiger partial charge < -0.3 is 10.6 Å². The van der Waals surface area contributed by atoms with Gasteiger partial charge in [-0.3, -0.25) is 9.48 Å². The second-order valence-corrected chi connectivity index (χ2v) is 4.74. The molecular formula is C13H22N4O. The van der Waals surface area contributed by atoms with Crippen molar-refractivity contribution < 1.29 is 4.79 Å². The number of carbonyl (C=O) groups excluding carboxylic acids is 1. The molecule has 1 aliphatic carbocycles. The molecule has 5 heteroatoms. The van der Waals surface area contributed by atoms with E-state index in [1.165, 1.54) is 0 Å². The van der Waals surface area contributed by atoms with Gasteiger partial charge in [0, 0.05) is 19.1 Å². The Morgan fingerprint density at radius 2 is 2.28 bits per heavy atom. The minimum atomic E-state index is 0.0933. The van der Waals surface area contributed by atoms with Crippen LogP contribution < -0.4 is 10.6 Å². The van der Waals surface area contributed by atoms with Crippen molar-refractivity contribution in [1.29, 1.82) is 0 Å². The number of hydrogen-bond acceptors (Lipinski definition) is 3. The van der Waals surface area contributed by atoms with E-state index in [0.717, 1.165) is 37.2 Å². The number of carbonyl (C=O) groups is 1. The van der Waals surface area contributed by atoms with Gasteiger partial charge in [-0.2, -0.15) is 5.10 Å². The summed E-state index contributed by atoms with van der Waals surface area (Å²) in [5.74, 6) is 0.0933. The monoisotopic (exact) mass is 250 g/mol. The smallest absolute Gasteiger partial charge is 0.234 e. The van der Waals surface area contributed by atoms with Crippen molar-refractivity contribution in [3.05, 3.63) is 17.5 Å². The average molecular weight is 250 g/mol. The number of aryl methyl sites for hydroxylation is 2. The molecule has 1 saturated carbocycles. The summed E-state index contributed by atoms with van der Waals surface area (Å²) in [4.78, 5) is 11.5. The average Bonchev–Trinajstić information content (AvgIpc) is 3.08. The Hall–Kier alpha value is -1.36. The second-order valence-electron chi connectivity index (χ2n) is 4.74. The molecule has 18 heavy (non-hydrogen) atoms. The normalized spacial score (nSPS) is 14.8. The number of amides is 1. The van der Waals surface area contributed by atoms with Crippen molar-refractivity contribution in [1.82, 2.24) is 20.4 Å². The Balaban J connectivity index is 1.77. The molecule has 5 nitrogen and oxygen atoms in total. The summed E-state index contributed by atoms with van der Waals surface area (Å²) in [6.45, 7) is 6.12. The molecule has 2 rings (SSSR count). The summed E-state index contributed by atoms with van der Waals surface area (Å²) < 4.78 is 1.99. The van der Waals surface area contributed by atoms with E-state index in [1.807, 2.05) is 4.68 Å². The van der Waals surface area contributed by atoms with Gasteiger partial charge in [-0.25, -0.2) is 0 Å². The van der Waals surface area contributed by atoms with Gasteiger partial charge in [0.25, 0.3) is 0 Å². The number of aromatic nitrogens is 2. The van der Waals surface area contributed by atoms with E-state index >= 15 is 0 Å². The highest BCUT2D eigenvalue weighted by atomic mass is 16.2. The SMILES string of the molecule is CCc1cc(CNCC(=O)NC2CC2)n(CC)n1. The molecule has 0 saturated heterocycles. The van der Waals surface area contributed by atoms with Crippen LogP contribution in [-0.2, 0) is 24.3 Å². The molecule has 0 aliphatic heterocycles. The summed E-state index contributed by atoms with van der Waals surface area (Å²) in [5.41, 5.74) is 2.25. The molecule has 1 aromatic rings. The second kappa shape index (κ2) is 6.00. The first-order valence-electron chi connectivity index (χ1n) is 6.78. The van der Waals surface area contributed by atoms with Crippen molar-refractivity contribution in [3.63, 3.8) is 0 Å². The molecule has 2 N–H and O–H groups in total. The highest BCUT2D eigenvalue weighted by molar-refractivity contribution is 5.78. The van der Waals surface area contributed by atoms with Crippen LogP contribution in [0.3, 0.4) is 0 Å². The fourth-order valence-corrected chi connectivity index (χ4v) is 1.91. The summed E-state index contributed by atoms with van der Waals surface area (Å²) in [5, 5.41) is 10.6. The van der Waals surface area contributed by atoms with Crippen molar-refractivity contribution in [2.45, 2.75) is 52.2 Å². The lowest BCUT2D eigenvalue weighted by Crippen LogP contribution is -2.35. The number of nitrogens with one attached hydrogen (secondary N) is 2. The third-order valence-corrected chi connectivity index (χ3v) is 3.11. The van der Waals surface area contributed by atoms with Crippen molar-refractivity contribution >= 4 is 5.91 Å². The molecule has 0 bridgehead atoms. The van der Waals surface area contributed by atoms with Crippen molar-refractivity contribution in [2.24, 2.45) is 0 Å². The number of rotatable bonds is 7. The van der Waals surface area contributed by atoms with Crippen LogP contribution in [0.25, 0.3) is 0 Å². The molecule has 0 aromatic carbocycles. The molecule has 0 atom stereocenters. The Morgan fingerprint density at radius 1 is 1.50 bits per heavy atom. The summed E-state index contributed by atoms with van der Waals surface area (Å²) in [6, 6.07) is 2.54. The van der Waals surface area contributed by atoms with E-state index < -0.39 is 0 Å². The van der Waals surface area contributed by atoms with Crippen LogP contribution in [0.4, 0.5) is 0 Å². The van der Waals surface area contributed by atoms with Crippen LogP contribution in [0.5, 0.6) is 0 Å². The van der Waals surface area contributed by atoms with E-state index in [1.54, 1.807) is 0 Å². The molecule has 1 fully saturated rings. The highest BCUT2D eigenvalue weighted by Crippen LogP contribution is 2.18. The molecule has 0 radical (unpaired) electrons. The molecule has 100 valence electrons. The zero-order chi connectivity index (χ0) is 13.0. The first-order valence-corrected chi connectivity index (χ1v) is 6.78. The van der Waals surface area contributed by atoms with Gasteiger partial charge >= 0.3 is 0 Å². The largest absolute Gasteiger partial charge is 0.352 e. The Kier molecular flexibility index (Phi) is 4.36. The highest BCUT2D eigenvalue weighted by Gasteiger charge is 2.22. The van der Waals surface area contributed by atoms with Crippen LogP contribution in [0.1, 0.15) is 38.1 Å². The fraction of sp³-hybridized carbons (Fsp3) is 0.692. The van der Waals surface area contributed by atoms with E-state index in [4.69, 9.17) is 0 Å². The van der Waals surface area contributed by atoms with E-state index in [9.17, 15) is 4.79 Å². The lowest BCUT2D eigenvalue weighted by molar-refractivity contribution is -0.120. The zero-order valence-electron chi connectivity index (χ0n) is 11.2. The minimum Gasteiger partial charge on any atom is -0.352 e. The maximum Gasteiger partial charge on any atom is 0.234 e. The lowest BCUT2D eigenvalue weighted by Gasteiger charge is -2.07. The summed E-state index contributed by atoms with van der Waals surface area (Å²) >= 11 is 0. The predicted molar refractivity (Wildman–Crippen MR) is 70.2 cm³/mol. The summed E-state index contributed by atoms with van der Waals surface area (Å²) in [6.07, 6.45) is 3.21. The van der Waals surface area contributed by atoms with Crippen LogP contribution in [0, 0.1) is 0 Å². The third-order valence-electron chi connectivity index (χ3n) is 3.11. The standard InChI is InChI=1S/C13H22N4O/c1-3-10-7-12(17(4-2)16-10)8-14-9-13(18)15-11-5-6-11/h7,11,14H,3-6,8-9H2,1-2H3,(H,15,18). The van der Waals surface area contributed by atoms with Crippen molar-refractivity contribution in [3.8, 4) is 0 Å².